The Bertz CT molecular complexity index is 686. The van der Waals surface area contributed by atoms with E-state index in [-0.39, 0.29) is 30.4 Å². The molecule has 2 rings (SSSR count). The van der Waals surface area contributed by atoms with Gasteiger partial charge in [-0.25, -0.2) is 8.42 Å². The number of benzene rings is 1. The zero-order valence-corrected chi connectivity index (χ0v) is 14.5. The summed E-state index contributed by atoms with van der Waals surface area (Å²) in [5.41, 5.74) is 0.389. The topological polar surface area (TPSA) is 81.7 Å². The molecular formula is C16H23NO5S. The van der Waals surface area contributed by atoms with E-state index in [4.69, 9.17) is 9.47 Å². The number of carbonyl (C=O) groups is 1. The van der Waals surface area contributed by atoms with Crippen LogP contribution in [0.1, 0.15) is 25.3 Å². The van der Waals surface area contributed by atoms with Gasteiger partial charge < -0.3 is 14.8 Å². The van der Waals surface area contributed by atoms with Gasteiger partial charge in [0.2, 0.25) is 5.91 Å². The van der Waals surface area contributed by atoms with Gasteiger partial charge >= 0.3 is 0 Å². The van der Waals surface area contributed by atoms with E-state index in [0.717, 1.165) is 5.56 Å². The Labute approximate surface area is 137 Å². The molecule has 23 heavy (non-hydrogen) atoms. The predicted octanol–water partition coefficient (Wildman–Crippen LogP) is 1.47. The highest BCUT2D eigenvalue weighted by molar-refractivity contribution is 7.91. The van der Waals surface area contributed by atoms with Crippen LogP contribution < -0.4 is 14.8 Å². The molecular weight excluding hydrogens is 318 g/mol. The van der Waals surface area contributed by atoms with Crippen molar-refractivity contribution in [3.05, 3.63) is 23.8 Å². The van der Waals surface area contributed by atoms with Crippen LogP contribution in [0.25, 0.3) is 0 Å². The molecule has 0 unspecified atom stereocenters. The molecule has 0 spiro atoms. The molecule has 1 fully saturated rings. The molecule has 7 heteroatoms. The Morgan fingerprint density at radius 3 is 2.70 bits per heavy atom. The third-order valence-electron chi connectivity index (χ3n) is 3.85. The summed E-state index contributed by atoms with van der Waals surface area (Å²) in [5.74, 6) is 1.12. The van der Waals surface area contributed by atoms with Crippen LogP contribution >= 0.6 is 0 Å². The quantitative estimate of drug-likeness (QED) is 0.847. The maximum absolute atomic E-state index is 12.0. The van der Waals surface area contributed by atoms with E-state index in [2.05, 4.69) is 5.32 Å². The van der Waals surface area contributed by atoms with Gasteiger partial charge in [-0.3, -0.25) is 4.79 Å². The third-order valence-corrected chi connectivity index (χ3v) is 5.75. The molecule has 0 radical (unpaired) electrons. The molecule has 6 nitrogen and oxygen atoms in total. The van der Waals surface area contributed by atoms with Crippen molar-refractivity contribution in [2.75, 3.05) is 25.2 Å². The first-order valence-electron chi connectivity index (χ1n) is 7.52. The van der Waals surface area contributed by atoms with Crippen molar-refractivity contribution < 1.29 is 22.7 Å². The van der Waals surface area contributed by atoms with Crippen LogP contribution in [0, 0.1) is 6.92 Å². The maximum Gasteiger partial charge on any atom is 0.223 e. The number of methoxy groups -OCH3 is 1. The van der Waals surface area contributed by atoms with E-state index in [1.165, 1.54) is 0 Å². The van der Waals surface area contributed by atoms with Gasteiger partial charge in [-0.15, -0.1) is 0 Å². The Balaban J connectivity index is 1.84. The molecule has 1 aliphatic rings. The fourth-order valence-corrected chi connectivity index (χ4v) is 4.75. The van der Waals surface area contributed by atoms with E-state index >= 15 is 0 Å². The van der Waals surface area contributed by atoms with E-state index in [0.29, 0.717) is 17.9 Å². The number of ether oxygens (including phenoxy) is 2. The minimum atomic E-state index is -3.04. The number of amides is 1. The first-order chi connectivity index (χ1) is 10.7. The number of nitrogens with one attached hydrogen (secondary N) is 1. The number of aryl methyl sites for hydroxylation is 1. The second-order valence-electron chi connectivity index (χ2n) is 6.20. The van der Waals surface area contributed by atoms with Crippen molar-refractivity contribution in [2.24, 2.45) is 0 Å². The number of carbonyl (C=O) groups excluding carboxylic acids is 1. The average molecular weight is 341 g/mol. The molecule has 1 N–H and O–H groups in total. The van der Waals surface area contributed by atoms with Crippen molar-refractivity contribution in [1.82, 2.24) is 5.32 Å². The SMILES string of the molecule is COc1cc(C)ccc1OCCC(=O)N[C@@]1(C)CCS(=O)(=O)C1. The van der Waals surface area contributed by atoms with Crippen LogP contribution in [-0.2, 0) is 14.6 Å². The van der Waals surface area contributed by atoms with Gasteiger partial charge in [0.25, 0.3) is 0 Å². The Morgan fingerprint density at radius 1 is 1.35 bits per heavy atom. The smallest absolute Gasteiger partial charge is 0.223 e. The lowest BCUT2D eigenvalue weighted by atomic mass is 10.0. The molecule has 1 aromatic carbocycles. The molecule has 0 aromatic heterocycles. The van der Waals surface area contributed by atoms with Gasteiger partial charge in [0.1, 0.15) is 0 Å². The number of hydrogen-bond acceptors (Lipinski definition) is 5. The van der Waals surface area contributed by atoms with Crippen molar-refractivity contribution >= 4 is 15.7 Å². The zero-order valence-electron chi connectivity index (χ0n) is 13.7. The molecule has 1 aliphatic heterocycles. The summed E-state index contributed by atoms with van der Waals surface area (Å²) in [4.78, 5) is 12.0. The molecule has 1 heterocycles. The summed E-state index contributed by atoms with van der Waals surface area (Å²) in [5, 5.41) is 2.81. The minimum absolute atomic E-state index is 0.00161. The highest BCUT2D eigenvalue weighted by Crippen LogP contribution is 2.28. The van der Waals surface area contributed by atoms with Gasteiger partial charge in [0.15, 0.2) is 21.3 Å². The first-order valence-corrected chi connectivity index (χ1v) is 9.34. The standard InChI is InChI=1S/C16H23NO5S/c1-12-4-5-13(14(10-12)21-3)22-8-6-15(18)17-16(2)7-9-23(19,20)11-16/h4-5,10H,6-9,11H2,1-3H3,(H,17,18)/t16-/m0/s1. The molecule has 0 saturated carbocycles. The second-order valence-corrected chi connectivity index (χ2v) is 8.39. The minimum Gasteiger partial charge on any atom is -0.493 e. The van der Waals surface area contributed by atoms with Gasteiger partial charge in [0, 0.05) is 0 Å². The Kier molecular flexibility index (Phi) is 5.19. The molecule has 1 atom stereocenters. The van der Waals surface area contributed by atoms with E-state index in [1.54, 1.807) is 20.1 Å². The summed E-state index contributed by atoms with van der Waals surface area (Å²) in [6, 6.07) is 5.57. The normalized spacial score (nSPS) is 22.6. The summed E-state index contributed by atoms with van der Waals surface area (Å²) in [6.45, 7) is 3.92. The van der Waals surface area contributed by atoms with Gasteiger partial charge in [-0.05, 0) is 38.0 Å². The van der Waals surface area contributed by atoms with Crippen LogP contribution in [0.15, 0.2) is 18.2 Å². The van der Waals surface area contributed by atoms with Gasteiger partial charge in [-0.2, -0.15) is 0 Å². The van der Waals surface area contributed by atoms with Crippen LogP contribution in [-0.4, -0.2) is 45.1 Å². The molecule has 0 aliphatic carbocycles. The first kappa shape index (κ1) is 17.6. The zero-order chi connectivity index (χ0) is 17.1. The summed E-state index contributed by atoms with van der Waals surface area (Å²) < 4.78 is 33.9. The molecule has 1 aromatic rings. The summed E-state index contributed by atoms with van der Waals surface area (Å²) >= 11 is 0. The van der Waals surface area contributed by atoms with E-state index in [1.807, 2.05) is 19.1 Å². The number of hydrogen-bond donors (Lipinski definition) is 1. The summed E-state index contributed by atoms with van der Waals surface area (Å²) in [7, 11) is -1.47. The fraction of sp³-hybridized carbons (Fsp3) is 0.562. The maximum atomic E-state index is 12.0. The lowest BCUT2D eigenvalue weighted by molar-refractivity contribution is -0.123. The van der Waals surface area contributed by atoms with E-state index in [9.17, 15) is 13.2 Å². The van der Waals surface area contributed by atoms with Crippen molar-refractivity contribution in [3.63, 3.8) is 0 Å². The predicted molar refractivity (Wildman–Crippen MR) is 87.7 cm³/mol. The number of rotatable bonds is 6. The molecule has 1 amide bonds. The van der Waals surface area contributed by atoms with E-state index < -0.39 is 15.4 Å². The third kappa shape index (κ3) is 4.86. The molecule has 1 saturated heterocycles. The fourth-order valence-electron chi connectivity index (χ4n) is 2.66. The lowest BCUT2D eigenvalue weighted by Crippen LogP contribution is -2.47. The van der Waals surface area contributed by atoms with Crippen molar-refractivity contribution in [1.29, 1.82) is 0 Å². The van der Waals surface area contributed by atoms with Gasteiger partial charge in [0.05, 0.1) is 37.2 Å². The Hall–Kier alpha value is -1.76. The highest BCUT2D eigenvalue weighted by Gasteiger charge is 2.39. The second kappa shape index (κ2) is 6.78. The van der Waals surface area contributed by atoms with Crippen LogP contribution in [0.2, 0.25) is 0 Å². The summed E-state index contributed by atoms with van der Waals surface area (Å²) in [6.07, 6.45) is 0.611. The van der Waals surface area contributed by atoms with Crippen LogP contribution in [0.3, 0.4) is 0 Å². The highest BCUT2D eigenvalue weighted by atomic mass is 32.2. The molecule has 128 valence electrons. The van der Waals surface area contributed by atoms with Crippen molar-refractivity contribution in [3.8, 4) is 11.5 Å². The molecule has 0 bridgehead atoms. The largest absolute Gasteiger partial charge is 0.493 e. The van der Waals surface area contributed by atoms with Crippen LogP contribution in [0.4, 0.5) is 0 Å². The van der Waals surface area contributed by atoms with Gasteiger partial charge in [-0.1, -0.05) is 6.07 Å². The van der Waals surface area contributed by atoms with Crippen molar-refractivity contribution in [2.45, 2.75) is 32.2 Å². The average Bonchev–Trinajstić information content (AvgIpc) is 2.73. The van der Waals surface area contributed by atoms with Crippen LogP contribution in [0.5, 0.6) is 11.5 Å². The lowest BCUT2D eigenvalue weighted by Gasteiger charge is -2.23. The monoisotopic (exact) mass is 341 g/mol. The Morgan fingerprint density at radius 2 is 2.09 bits per heavy atom. The number of sulfone groups is 1.